The van der Waals surface area contributed by atoms with Gasteiger partial charge in [0.25, 0.3) is 12.8 Å². The van der Waals surface area contributed by atoms with Gasteiger partial charge in [-0.1, -0.05) is 35.4 Å². The van der Waals surface area contributed by atoms with Crippen molar-refractivity contribution in [3.05, 3.63) is 46.5 Å². The Morgan fingerprint density at radius 2 is 1.74 bits per heavy atom. The van der Waals surface area contributed by atoms with Crippen molar-refractivity contribution in [2.24, 2.45) is 11.8 Å². The molecule has 6 aliphatic rings. The number of esters is 1. The molecule has 1 aromatic carbocycles. The SMILES string of the molecule is COc1cc2cc(c1Cl)N(C)C(=O)C[C@H](OC(=O)CCOCCSC1CC(=O)N(CC3CCC(C(=O)ON(C=O)C=O)CC3)C1=O)[C@@]1(C)C[C@@](C)(O1)C1C[C@@](O)(NC(=O)O1)[C@H](OC)/C=C/C=C(\C)C2. The molecule has 2 N–H and O–H groups in total. The lowest BCUT2D eigenvalue weighted by Gasteiger charge is -2.59. The molecule has 1 saturated carbocycles. The van der Waals surface area contributed by atoms with Crippen molar-refractivity contribution in [2.75, 3.05) is 51.7 Å². The molecule has 5 aliphatic heterocycles. The zero-order valence-corrected chi connectivity index (χ0v) is 41.2. The number of hydroxylamine groups is 2. The number of nitrogens with zero attached hydrogens (tertiary/aromatic N) is 3. The second-order valence-electron chi connectivity index (χ2n) is 18.5. The number of imide groups is 2. The van der Waals surface area contributed by atoms with Crippen LogP contribution in [-0.4, -0.2) is 151 Å². The number of rotatable bonds is 16. The summed E-state index contributed by atoms with van der Waals surface area (Å²) in [6, 6.07) is 3.55. The number of likely N-dealkylation sites (tertiary alicyclic amines) is 1. The van der Waals surface area contributed by atoms with E-state index < -0.39 is 70.3 Å². The van der Waals surface area contributed by atoms with Gasteiger partial charge in [0, 0.05) is 45.7 Å². The van der Waals surface area contributed by atoms with E-state index in [1.165, 1.54) is 35.8 Å². The van der Waals surface area contributed by atoms with E-state index in [0.29, 0.717) is 49.3 Å². The predicted octanol–water partition coefficient (Wildman–Crippen LogP) is 3.96. The Morgan fingerprint density at radius 1 is 1.03 bits per heavy atom. The lowest BCUT2D eigenvalue weighted by molar-refractivity contribution is -0.328. The number of alkyl carbamates (subject to hydrolysis) is 1. The standard InChI is InChI=1S/C47H61ClN4O16S/c1-28-8-7-9-35(63-6)47(61)23-37(66-44(60)49-47)46(3)25-45(2,68-46)36(22-38(55)50(4)32-19-30(18-28)20-33(62-5)41(32)48)65-40(57)14-15-64-16-17-69-34-21-39(56)52(42(34)58)24-29-10-12-31(13-11-29)43(59)67-51(26-53)27-54/h7-9,19-20,26-27,29,31,34-37,61H,10-18,21-25H2,1-6H3,(H,49,60)/b9-7+,28-8+/t29?,31?,34?,35-,36+,37?,45-,46-,47+/m1/s1. The zero-order valence-electron chi connectivity index (χ0n) is 39.6. The van der Waals surface area contributed by atoms with Crippen molar-refractivity contribution in [3.63, 3.8) is 0 Å². The summed E-state index contributed by atoms with van der Waals surface area (Å²) in [5.74, 6) is -2.21. The van der Waals surface area contributed by atoms with Gasteiger partial charge in [-0.05, 0) is 76.5 Å². The molecule has 6 bridgehead atoms. The number of halogens is 1. The predicted molar refractivity (Wildman–Crippen MR) is 247 cm³/mol. The van der Waals surface area contributed by atoms with Gasteiger partial charge in [0.05, 0.1) is 50.0 Å². The molecule has 0 aromatic heterocycles. The minimum Gasteiger partial charge on any atom is -0.495 e. The number of hydrogen-bond acceptors (Lipinski definition) is 17. The van der Waals surface area contributed by atoms with Crippen LogP contribution in [0.3, 0.4) is 0 Å². The van der Waals surface area contributed by atoms with Crippen LogP contribution >= 0.6 is 23.4 Å². The topological polar surface area (TPSA) is 243 Å². The number of aliphatic hydroxyl groups is 1. The minimum atomic E-state index is -1.88. The van der Waals surface area contributed by atoms with Crippen molar-refractivity contribution >= 4 is 77.6 Å². The highest BCUT2D eigenvalue weighted by Gasteiger charge is 2.63. The number of carbonyl (C=O) groups is 8. The van der Waals surface area contributed by atoms with E-state index in [1.54, 1.807) is 45.2 Å². The number of thioether (sulfide) groups is 1. The first-order valence-corrected chi connectivity index (χ1v) is 24.2. The first-order chi connectivity index (χ1) is 32.7. The first kappa shape index (κ1) is 53.3. The molecule has 0 spiro atoms. The van der Waals surface area contributed by atoms with Crippen molar-refractivity contribution < 1.29 is 76.7 Å². The van der Waals surface area contributed by atoms with Crippen molar-refractivity contribution in [2.45, 2.75) is 125 Å². The fourth-order valence-electron chi connectivity index (χ4n) is 9.68. The van der Waals surface area contributed by atoms with Crippen molar-refractivity contribution in [1.82, 2.24) is 15.3 Å². The zero-order chi connectivity index (χ0) is 50.3. The number of ether oxygens (including phenoxy) is 6. The average Bonchev–Trinajstić information content (AvgIpc) is 3.56. The maximum atomic E-state index is 14.2. The third-order valence-corrected chi connectivity index (χ3v) is 14.9. The van der Waals surface area contributed by atoms with Crippen LogP contribution in [0.2, 0.25) is 5.02 Å². The van der Waals surface area contributed by atoms with Crippen LogP contribution in [0, 0.1) is 11.8 Å². The Balaban J connectivity index is 1.06. The molecule has 0 radical (unpaired) electrons. The number of fused-ring (bicyclic) bond motifs is 6. The summed E-state index contributed by atoms with van der Waals surface area (Å²) in [6.07, 6.45) is 3.35. The van der Waals surface area contributed by atoms with Crippen LogP contribution in [0.1, 0.15) is 84.1 Å². The lowest BCUT2D eigenvalue weighted by atomic mass is 9.72. The smallest absolute Gasteiger partial charge is 0.409 e. The molecule has 378 valence electrons. The largest absolute Gasteiger partial charge is 0.495 e. The van der Waals surface area contributed by atoms with Gasteiger partial charge in [0.2, 0.25) is 17.7 Å². The molecule has 7 atom stereocenters. The Hall–Kier alpha value is -5.06. The van der Waals surface area contributed by atoms with Crippen LogP contribution in [0.15, 0.2) is 35.9 Å². The van der Waals surface area contributed by atoms with E-state index in [0.717, 1.165) is 11.1 Å². The second kappa shape index (κ2) is 22.8. The van der Waals surface area contributed by atoms with E-state index in [1.807, 2.05) is 13.0 Å². The van der Waals surface area contributed by atoms with E-state index >= 15 is 0 Å². The van der Waals surface area contributed by atoms with Gasteiger partial charge in [0.15, 0.2) is 5.72 Å². The summed E-state index contributed by atoms with van der Waals surface area (Å²) in [6.45, 7) is 5.65. The second-order valence-corrected chi connectivity index (χ2v) is 20.2. The quantitative estimate of drug-likeness (QED) is 0.0783. The molecule has 1 aromatic rings. The molecule has 2 unspecified atom stereocenters. The molecule has 69 heavy (non-hydrogen) atoms. The third kappa shape index (κ3) is 12.6. The number of methoxy groups -OCH3 is 2. The van der Waals surface area contributed by atoms with E-state index in [4.69, 9.17) is 44.9 Å². The van der Waals surface area contributed by atoms with Crippen molar-refractivity contribution in [3.8, 4) is 5.75 Å². The molecule has 22 heteroatoms. The third-order valence-electron chi connectivity index (χ3n) is 13.4. The maximum Gasteiger partial charge on any atom is 0.409 e. The molecule has 5 heterocycles. The lowest BCUT2D eigenvalue weighted by Crippen LogP contribution is -2.72. The molecule has 6 amide bonds. The summed E-state index contributed by atoms with van der Waals surface area (Å²) >= 11 is 8.06. The van der Waals surface area contributed by atoms with Crippen LogP contribution in [0.5, 0.6) is 5.75 Å². The number of carbonyl (C=O) groups excluding carboxylic acids is 8. The van der Waals surface area contributed by atoms with E-state index in [9.17, 15) is 43.5 Å². The number of anilines is 1. The summed E-state index contributed by atoms with van der Waals surface area (Å²) in [5, 5.41) is 14.2. The maximum absolute atomic E-state index is 14.2. The van der Waals surface area contributed by atoms with Gasteiger partial charge < -0.3 is 43.3 Å². The summed E-state index contributed by atoms with van der Waals surface area (Å²) in [5.41, 5.74) is -2.26. The highest BCUT2D eigenvalue weighted by Crippen LogP contribution is 2.50. The van der Waals surface area contributed by atoms with E-state index in [-0.39, 0.29) is 92.5 Å². The van der Waals surface area contributed by atoms with Gasteiger partial charge >= 0.3 is 18.0 Å². The number of benzene rings is 1. The fraction of sp³-hybridized carbons (Fsp3) is 0.617. The highest BCUT2D eigenvalue weighted by molar-refractivity contribution is 8.00. The molecular formula is C47H61ClN4O16S. The number of amides is 6. The molecule has 7 rings (SSSR count). The number of allylic oxidation sites excluding steroid dienone is 3. The highest BCUT2D eigenvalue weighted by atomic mass is 35.5. The molecule has 4 fully saturated rings. The van der Waals surface area contributed by atoms with Gasteiger partial charge in [-0.25, -0.2) is 9.59 Å². The van der Waals surface area contributed by atoms with Crippen LogP contribution in [0.4, 0.5) is 10.5 Å². The monoisotopic (exact) mass is 1000 g/mol. The van der Waals surface area contributed by atoms with Crippen LogP contribution in [0.25, 0.3) is 0 Å². The minimum absolute atomic E-state index is 0.0126. The number of nitrogens with one attached hydrogen (secondary N) is 1. The number of hydrogen-bond donors (Lipinski definition) is 2. The molecule has 20 nitrogen and oxygen atoms in total. The van der Waals surface area contributed by atoms with Gasteiger partial charge in [-0.2, -0.15) is 0 Å². The van der Waals surface area contributed by atoms with E-state index in [2.05, 4.69) is 5.32 Å². The fourth-order valence-corrected chi connectivity index (χ4v) is 11.0. The Kier molecular flexibility index (Phi) is 17.6. The van der Waals surface area contributed by atoms with Crippen LogP contribution < -0.4 is 15.0 Å². The average molecular weight is 1010 g/mol. The van der Waals surface area contributed by atoms with Crippen molar-refractivity contribution in [1.29, 1.82) is 0 Å². The van der Waals surface area contributed by atoms with Gasteiger partial charge in [-0.15, -0.1) is 16.8 Å². The summed E-state index contributed by atoms with van der Waals surface area (Å²) in [7, 11) is 4.45. The summed E-state index contributed by atoms with van der Waals surface area (Å²) < 4.78 is 35.2. The molecule has 1 aliphatic carbocycles. The Labute approximate surface area is 409 Å². The first-order valence-electron chi connectivity index (χ1n) is 22.8. The Morgan fingerprint density at radius 3 is 2.41 bits per heavy atom. The summed E-state index contributed by atoms with van der Waals surface area (Å²) in [4.78, 5) is 108. The van der Waals surface area contributed by atoms with Gasteiger partial charge in [0.1, 0.15) is 40.3 Å². The molecular weight excluding hydrogens is 944 g/mol. The molecule has 3 saturated heterocycles. The normalized spacial score (nSPS) is 31.9. The van der Waals surface area contributed by atoms with Crippen LogP contribution in [-0.2, 0) is 68.5 Å². The Bertz CT molecular complexity index is 2190. The van der Waals surface area contributed by atoms with Gasteiger partial charge in [-0.3, -0.25) is 39.0 Å².